The lowest BCUT2D eigenvalue weighted by atomic mass is 10.2. The van der Waals surface area contributed by atoms with Crippen molar-refractivity contribution in [2.24, 2.45) is 0 Å². The van der Waals surface area contributed by atoms with Gasteiger partial charge < -0.3 is 10.1 Å². The van der Waals surface area contributed by atoms with Gasteiger partial charge in [0.05, 0.1) is 11.2 Å². The number of aromatic hydroxyl groups is 1. The standard InChI is InChI=1S/C13H8F2N2O2/c14-9-5-6-10-12(11(9)15)17(13(19)16-10)7-1-3-8(18)4-2-7/h1-6,18H,(H,16,19). The lowest BCUT2D eigenvalue weighted by Crippen LogP contribution is -2.14. The van der Waals surface area contributed by atoms with Crippen LogP contribution in [-0.4, -0.2) is 14.7 Å². The quantitative estimate of drug-likeness (QED) is 0.707. The summed E-state index contributed by atoms with van der Waals surface area (Å²) in [5.41, 5.74) is -0.198. The van der Waals surface area contributed by atoms with Crippen molar-refractivity contribution in [3.63, 3.8) is 0 Å². The van der Waals surface area contributed by atoms with Crippen molar-refractivity contribution >= 4 is 11.0 Å². The number of nitrogens with one attached hydrogen (secondary N) is 1. The molecule has 0 unspecified atom stereocenters. The summed E-state index contributed by atoms with van der Waals surface area (Å²) in [7, 11) is 0. The lowest BCUT2D eigenvalue weighted by molar-refractivity contribution is 0.475. The third-order valence-corrected chi connectivity index (χ3v) is 2.85. The molecule has 0 spiro atoms. The fourth-order valence-electron chi connectivity index (χ4n) is 1.98. The highest BCUT2D eigenvalue weighted by atomic mass is 19.2. The molecule has 0 amide bonds. The molecule has 0 fully saturated rings. The molecule has 2 N–H and O–H groups in total. The largest absolute Gasteiger partial charge is 0.508 e. The van der Waals surface area contributed by atoms with Crippen LogP contribution in [0.15, 0.2) is 41.2 Å². The van der Waals surface area contributed by atoms with Gasteiger partial charge in [0, 0.05) is 0 Å². The molecule has 0 atom stereocenters. The van der Waals surface area contributed by atoms with Crippen molar-refractivity contribution in [3.8, 4) is 11.4 Å². The van der Waals surface area contributed by atoms with E-state index in [1.165, 1.54) is 30.3 Å². The Labute approximate surface area is 105 Å². The maximum absolute atomic E-state index is 13.8. The molecule has 0 bridgehead atoms. The molecule has 0 aliphatic carbocycles. The van der Waals surface area contributed by atoms with Crippen molar-refractivity contribution in [2.45, 2.75) is 0 Å². The Morgan fingerprint density at radius 2 is 1.74 bits per heavy atom. The van der Waals surface area contributed by atoms with E-state index in [1.807, 2.05) is 0 Å². The molecule has 19 heavy (non-hydrogen) atoms. The molecule has 0 saturated carbocycles. The second-order valence-corrected chi connectivity index (χ2v) is 4.04. The van der Waals surface area contributed by atoms with Crippen molar-refractivity contribution < 1.29 is 13.9 Å². The second kappa shape index (κ2) is 3.94. The monoisotopic (exact) mass is 262 g/mol. The van der Waals surface area contributed by atoms with Crippen LogP contribution in [0.1, 0.15) is 0 Å². The van der Waals surface area contributed by atoms with Crippen LogP contribution in [-0.2, 0) is 0 Å². The SMILES string of the molecule is O=c1[nH]c2ccc(F)c(F)c2n1-c1ccc(O)cc1. The molecule has 96 valence electrons. The Hall–Kier alpha value is -2.63. The first-order chi connectivity index (χ1) is 9.08. The number of fused-ring (bicyclic) bond motifs is 1. The third kappa shape index (κ3) is 1.69. The predicted octanol–water partition coefficient (Wildman–Crippen LogP) is 2.30. The van der Waals surface area contributed by atoms with E-state index in [-0.39, 0.29) is 16.8 Å². The first-order valence-corrected chi connectivity index (χ1v) is 5.46. The minimum atomic E-state index is -1.09. The molecule has 0 saturated heterocycles. The number of H-pyrrole nitrogens is 1. The Bertz CT molecular complexity index is 819. The van der Waals surface area contributed by atoms with Gasteiger partial charge in [-0.25, -0.2) is 13.6 Å². The van der Waals surface area contributed by atoms with Gasteiger partial charge >= 0.3 is 5.69 Å². The predicted molar refractivity (Wildman–Crippen MR) is 65.5 cm³/mol. The zero-order valence-corrected chi connectivity index (χ0v) is 9.52. The van der Waals surface area contributed by atoms with Gasteiger partial charge in [-0.15, -0.1) is 0 Å². The number of halogens is 2. The number of hydrogen-bond acceptors (Lipinski definition) is 2. The number of hydrogen-bond donors (Lipinski definition) is 2. The molecule has 0 aliphatic rings. The summed E-state index contributed by atoms with van der Waals surface area (Å²) in [5.74, 6) is -2.11. The van der Waals surface area contributed by atoms with Gasteiger partial charge in [0.2, 0.25) is 0 Å². The topological polar surface area (TPSA) is 58.0 Å². The van der Waals surface area contributed by atoms with Crippen molar-refractivity contribution in [3.05, 3.63) is 58.5 Å². The van der Waals surface area contributed by atoms with Gasteiger partial charge in [0.25, 0.3) is 0 Å². The Kier molecular flexibility index (Phi) is 2.38. The highest BCUT2D eigenvalue weighted by Crippen LogP contribution is 2.21. The lowest BCUT2D eigenvalue weighted by Gasteiger charge is -2.04. The molecule has 4 nitrogen and oxygen atoms in total. The highest BCUT2D eigenvalue weighted by Gasteiger charge is 2.16. The third-order valence-electron chi connectivity index (χ3n) is 2.85. The van der Waals surface area contributed by atoms with E-state index in [0.29, 0.717) is 5.69 Å². The Morgan fingerprint density at radius 1 is 1.05 bits per heavy atom. The zero-order valence-electron chi connectivity index (χ0n) is 9.52. The molecule has 0 aliphatic heterocycles. The number of aromatic amines is 1. The zero-order chi connectivity index (χ0) is 13.6. The van der Waals surface area contributed by atoms with Gasteiger partial charge in [-0.3, -0.25) is 4.57 Å². The van der Waals surface area contributed by atoms with Crippen LogP contribution in [0.2, 0.25) is 0 Å². The first kappa shape index (κ1) is 11.5. The molecular weight excluding hydrogens is 254 g/mol. The number of phenols is 1. The van der Waals surface area contributed by atoms with E-state index in [4.69, 9.17) is 0 Å². The number of phenolic OH excluding ortho intramolecular Hbond substituents is 1. The van der Waals surface area contributed by atoms with E-state index < -0.39 is 17.3 Å². The second-order valence-electron chi connectivity index (χ2n) is 4.04. The van der Waals surface area contributed by atoms with Gasteiger partial charge in [-0.1, -0.05) is 0 Å². The summed E-state index contributed by atoms with van der Waals surface area (Å²) >= 11 is 0. The number of imidazole rings is 1. The molecule has 6 heteroatoms. The van der Waals surface area contributed by atoms with Crippen molar-refractivity contribution in [1.29, 1.82) is 0 Å². The summed E-state index contributed by atoms with van der Waals surface area (Å²) < 4.78 is 28.1. The number of nitrogens with zero attached hydrogens (tertiary/aromatic N) is 1. The van der Waals surface area contributed by atoms with Gasteiger partial charge in [0.15, 0.2) is 11.6 Å². The van der Waals surface area contributed by atoms with Crippen LogP contribution < -0.4 is 5.69 Å². The van der Waals surface area contributed by atoms with E-state index >= 15 is 0 Å². The molecular formula is C13H8F2N2O2. The molecule has 3 rings (SSSR count). The number of aromatic nitrogens is 2. The van der Waals surface area contributed by atoms with E-state index in [2.05, 4.69) is 4.98 Å². The normalized spacial score (nSPS) is 11.1. The van der Waals surface area contributed by atoms with Gasteiger partial charge in [0.1, 0.15) is 11.3 Å². The van der Waals surface area contributed by atoms with Gasteiger partial charge in [-0.05, 0) is 36.4 Å². The number of rotatable bonds is 1. The summed E-state index contributed by atoms with van der Waals surface area (Å²) in [4.78, 5) is 14.3. The van der Waals surface area contributed by atoms with Crippen molar-refractivity contribution in [1.82, 2.24) is 9.55 Å². The molecule has 3 aromatic rings. The van der Waals surface area contributed by atoms with Crippen LogP contribution in [0, 0.1) is 11.6 Å². The van der Waals surface area contributed by atoms with E-state index in [1.54, 1.807) is 0 Å². The highest BCUT2D eigenvalue weighted by molar-refractivity contribution is 5.78. The fourth-order valence-corrected chi connectivity index (χ4v) is 1.98. The average Bonchev–Trinajstić information content (AvgIpc) is 2.72. The van der Waals surface area contributed by atoms with E-state index in [9.17, 15) is 18.7 Å². The summed E-state index contributed by atoms with van der Waals surface area (Å²) in [5, 5.41) is 9.21. The van der Waals surface area contributed by atoms with Gasteiger partial charge in [-0.2, -0.15) is 0 Å². The molecule has 0 radical (unpaired) electrons. The maximum Gasteiger partial charge on any atom is 0.331 e. The van der Waals surface area contributed by atoms with Crippen LogP contribution >= 0.6 is 0 Å². The van der Waals surface area contributed by atoms with Crippen LogP contribution in [0.25, 0.3) is 16.7 Å². The Morgan fingerprint density at radius 3 is 2.42 bits per heavy atom. The average molecular weight is 262 g/mol. The summed E-state index contributed by atoms with van der Waals surface area (Å²) in [6.07, 6.45) is 0. The maximum atomic E-state index is 13.8. The van der Waals surface area contributed by atoms with E-state index in [0.717, 1.165) is 10.6 Å². The summed E-state index contributed by atoms with van der Waals surface area (Å²) in [6.45, 7) is 0. The first-order valence-electron chi connectivity index (χ1n) is 5.46. The minimum absolute atomic E-state index is 0.0169. The minimum Gasteiger partial charge on any atom is -0.508 e. The fraction of sp³-hybridized carbons (Fsp3) is 0. The van der Waals surface area contributed by atoms with Crippen LogP contribution in [0.4, 0.5) is 8.78 Å². The Balaban J connectivity index is 2.40. The smallest absolute Gasteiger partial charge is 0.331 e. The summed E-state index contributed by atoms with van der Waals surface area (Å²) in [6, 6.07) is 7.85. The van der Waals surface area contributed by atoms with Crippen LogP contribution in [0.3, 0.4) is 0 Å². The molecule has 2 aromatic carbocycles. The molecule has 1 heterocycles. The molecule has 1 aromatic heterocycles. The van der Waals surface area contributed by atoms with Crippen LogP contribution in [0.5, 0.6) is 5.75 Å². The number of benzene rings is 2. The van der Waals surface area contributed by atoms with Crippen molar-refractivity contribution in [2.75, 3.05) is 0 Å².